The first-order valence-electron chi connectivity index (χ1n) is 8.30. The van der Waals surface area contributed by atoms with E-state index in [1.807, 2.05) is 0 Å². The first kappa shape index (κ1) is 18.7. The van der Waals surface area contributed by atoms with Crippen LogP contribution >= 0.6 is 0 Å². The molecule has 0 aromatic heterocycles. The molecule has 1 aromatic rings. The van der Waals surface area contributed by atoms with Crippen molar-refractivity contribution in [1.29, 1.82) is 0 Å². The summed E-state index contributed by atoms with van der Waals surface area (Å²) < 4.78 is 28.3. The van der Waals surface area contributed by atoms with Gasteiger partial charge < -0.3 is 15.4 Å². The van der Waals surface area contributed by atoms with Crippen LogP contribution in [0.2, 0.25) is 0 Å². The highest BCUT2D eigenvalue weighted by Gasteiger charge is 2.19. The normalized spacial score (nSPS) is 21.2. The Bertz CT molecular complexity index is 643. The minimum absolute atomic E-state index is 0.0603. The molecule has 1 aliphatic heterocycles. The van der Waals surface area contributed by atoms with Crippen molar-refractivity contribution in [3.8, 4) is 5.75 Å². The van der Waals surface area contributed by atoms with Crippen LogP contribution in [0.25, 0.3) is 0 Å². The summed E-state index contributed by atoms with van der Waals surface area (Å²) in [5.74, 6) is 0.667. The number of carbonyl (C=O) groups excluding carboxylic acids is 1. The lowest BCUT2D eigenvalue weighted by molar-refractivity contribution is -0.122. The van der Waals surface area contributed by atoms with Gasteiger partial charge in [-0.1, -0.05) is 0 Å². The van der Waals surface area contributed by atoms with Gasteiger partial charge in [-0.3, -0.25) is 4.79 Å². The molecule has 7 heteroatoms. The van der Waals surface area contributed by atoms with Gasteiger partial charge in [-0.25, -0.2) is 8.42 Å². The van der Waals surface area contributed by atoms with Crippen molar-refractivity contribution in [3.63, 3.8) is 0 Å². The largest absolute Gasteiger partial charge is 0.494 e. The number of ether oxygens (including phenoxy) is 1. The quantitative estimate of drug-likeness (QED) is 0.725. The molecular formula is C17H26N2O4S. The third-order valence-electron chi connectivity index (χ3n) is 4.06. The summed E-state index contributed by atoms with van der Waals surface area (Å²) in [6.07, 6.45) is 4.17. The predicted molar refractivity (Wildman–Crippen MR) is 92.9 cm³/mol. The molecule has 2 atom stereocenters. The number of nitrogens with one attached hydrogen (secondary N) is 2. The molecule has 1 aliphatic rings. The van der Waals surface area contributed by atoms with Gasteiger partial charge in [-0.05, 0) is 57.0 Å². The molecule has 0 aliphatic carbocycles. The second kappa shape index (κ2) is 8.48. The molecule has 1 heterocycles. The van der Waals surface area contributed by atoms with Crippen molar-refractivity contribution in [3.05, 3.63) is 24.3 Å². The van der Waals surface area contributed by atoms with E-state index in [4.69, 9.17) is 4.74 Å². The molecule has 0 saturated carbocycles. The topological polar surface area (TPSA) is 84.5 Å². The number of hydrogen-bond donors (Lipinski definition) is 2. The van der Waals surface area contributed by atoms with E-state index in [1.165, 1.54) is 18.4 Å². The second-order valence-corrected chi connectivity index (χ2v) is 8.36. The number of benzene rings is 1. The molecule has 6 nitrogen and oxygen atoms in total. The van der Waals surface area contributed by atoms with Crippen LogP contribution in [0.1, 0.15) is 32.6 Å². The summed E-state index contributed by atoms with van der Waals surface area (Å²) in [6.45, 7) is 3.49. The molecule has 2 rings (SSSR count). The van der Waals surface area contributed by atoms with Crippen LogP contribution in [-0.2, 0) is 14.6 Å². The van der Waals surface area contributed by atoms with Crippen LogP contribution < -0.4 is 15.4 Å². The molecular weight excluding hydrogens is 328 g/mol. The van der Waals surface area contributed by atoms with E-state index in [9.17, 15) is 13.2 Å². The zero-order valence-electron chi connectivity index (χ0n) is 14.2. The van der Waals surface area contributed by atoms with Gasteiger partial charge in [0.05, 0.1) is 11.5 Å². The monoisotopic (exact) mass is 354 g/mol. The fourth-order valence-corrected chi connectivity index (χ4v) is 3.40. The maximum absolute atomic E-state index is 11.9. The van der Waals surface area contributed by atoms with Gasteiger partial charge in [-0.2, -0.15) is 0 Å². The Labute approximate surface area is 143 Å². The molecule has 2 unspecified atom stereocenters. The molecule has 134 valence electrons. The zero-order chi connectivity index (χ0) is 17.6. The van der Waals surface area contributed by atoms with E-state index in [0.717, 1.165) is 19.4 Å². The number of carbonyl (C=O) groups is 1. The fourth-order valence-electron chi connectivity index (χ4n) is 2.77. The van der Waals surface area contributed by atoms with Gasteiger partial charge in [0.15, 0.2) is 9.84 Å². The standard InChI is InChI=1S/C17H26N2O4S/c1-13-12-14(9-10-18-13)19-17(20)4-3-11-23-15-5-7-16(8-6-15)24(2,21)22/h5-8,13-14,18H,3-4,9-12H2,1-2H3,(H,19,20). The predicted octanol–water partition coefficient (Wildman–Crippen LogP) is 1.51. The first-order chi connectivity index (χ1) is 11.3. The lowest BCUT2D eigenvalue weighted by Crippen LogP contribution is -2.46. The van der Waals surface area contributed by atoms with E-state index in [2.05, 4.69) is 17.6 Å². The van der Waals surface area contributed by atoms with Crippen LogP contribution in [0.3, 0.4) is 0 Å². The smallest absolute Gasteiger partial charge is 0.220 e. The highest BCUT2D eigenvalue weighted by atomic mass is 32.2. The fraction of sp³-hybridized carbons (Fsp3) is 0.588. The number of piperidine rings is 1. The number of hydrogen-bond acceptors (Lipinski definition) is 5. The van der Waals surface area contributed by atoms with Gasteiger partial charge in [-0.15, -0.1) is 0 Å². The Morgan fingerprint density at radius 1 is 1.33 bits per heavy atom. The van der Waals surface area contributed by atoms with Gasteiger partial charge in [0.25, 0.3) is 0 Å². The summed E-state index contributed by atoms with van der Waals surface area (Å²) in [4.78, 5) is 12.2. The van der Waals surface area contributed by atoms with Gasteiger partial charge in [0, 0.05) is 24.8 Å². The van der Waals surface area contributed by atoms with Crippen LogP contribution in [0.4, 0.5) is 0 Å². The van der Waals surface area contributed by atoms with Crippen LogP contribution in [0.5, 0.6) is 5.75 Å². The molecule has 1 aromatic carbocycles. The molecule has 1 fully saturated rings. The molecule has 0 bridgehead atoms. The number of amides is 1. The van der Waals surface area contributed by atoms with E-state index in [-0.39, 0.29) is 16.8 Å². The van der Waals surface area contributed by atoms with Gasteiger partial charge in [0.1, 0.15) is 5.75 Å². The minimum atomic E-state index is -3.19. The van der Waals surface area contributed by atoms with Crippen molar-refractivity contribution in [2.45, 2.75) is 49.6 Å². The summed E-state index contributed by atoms with van der Waals surface area (Å²) in [5, 5.41) is 6.43. The van der Waals surface area contributed by atoms with Crippen molar-refractivity contribution in [2.24, 2.45) is 0 Å². The Morgan fingerprint density at radius 2 is 2.04 bits per heavy atom. The van der Waals surface area contributed by atoms with Gasteiger partial charge in [0.2, 0.25) is 5.91 Å². The van der Waals surface area contributed by atoms with Crippen molar-refractivity contribution in [2.75, 3.05) is 19.4 Å². The summed E-state index contributed by atoms with van der Waals surface area (Å²) in [6, 6.07) is 7.02. The Morgan fingerprint density at radius 3 is 2.67 bits per heavy atom. The van der Waals surface area contributed by atoms with Crippen molar-refractivity contribution in [1.82, 2.24) is 10.6 Å². The summed E-state index contributed by atoms with van der Waals surface area (Å²) >= 11 is 0. The second-order valence-electron chi connectivity index (χ2n) is 6.34. The molecule has 1 amide bonds. The third kappa shape index (κ3) is 6.13. The van der Waals surface area contributed by atoms with Crippen LogP contribution in [-0.4, -0.2) is 45.8 Å². The Balaban J connectivity index is 1.66. The lowest BCUT2D eigenvalue weighted by Gasteiger charge is -2.28. The molecule has 24 heavy (non-hydrogen) atoms. The number of sulfone groups is 1. The molecule has 0 radical (unpaired) electrons. The van der Waals surface area contributed by atoms with Crippen molar-refractivity contribution < 1.29 is 17.9 Å². The highest BCUT2D eigenvalue weighted by molar-refractivity contribution is 7.90. The van der Waals surface area contributed by atoms with Crippen molar-refractivity contribution >= 4 is 15.7 Å². The maximum Gasteiger partial charge on any atom is 0.220 e. The van der Waals surface area contributed by atoms with Crippen LogP contribution in [0, 0.1) is 0 Å². The Hall–Kier alpha value is -1.60. The lowest BCUT2D eigenvalue weighted by atomic mass is 10.0. The Kier molecular flexibility index (Phi) is 6.62. The molecule has 0 spiro atoms. The van der Waals surface area contributed by atoms with E-state index in [0.29, 0.717) is 31.2 Å². The highest BCUT2D eigenvalue weighted by Crippen LogP contribution is 2.16. The molecule has 2 N–H and O–H groups in total. The van der Waals surface area contributed by atoms with E-state index in [1.54, 1.807) is 12.1 Å². The van der Waals surface area contributed by atoms with Crippen LogP contribution in [0.15, 0.2) is 29.2 Å². The van der Waals surface area contributed by atoms with E-state index >= 15 is 0 Å². The SMILES string of the molecule is CC1CC(NC(=O)CCCOc2ccc(S(C)(=O)=O)cc2)CCN1. The average molecular weight is 354 g/mol. The maximum atomic E-state index is 11.9. The number of rotatable bonds is 7. The zero-order valence-corrected chi connectivity index (χ0v) is 15.1. The minimum Gasteiger partial charge on any atom is -0.494 e. The molecule has 1 saturated heterocycles. The third-order valence-corrected chi connectivity index (χ3v) is 5.19. The van der Waals surface area contributed by atoms with Gasteiger partial charge >= 0.3 is 0 Å². The summed E-state index contributed by atoms with van der Waals surface area (Å²) in [7, 11) is -3.19. The average Bonchev–Trinajstić information content (AvgIpc) is 2.51. The van der Waals surface area contributed by atoms with E-state index < -0.39 is 9.84 Å². The summed E-state index contributed by atoms with van der Waals surface area (Å²) in [5.41, 5.74) is 0. The first-order valence-corrected chi connectivity index (χ1v) is 10.2.